The molecule has 0 bridgehead atoms. The van der Waals surface area contributed by atoms with Gasteiger partial charge in [0.1, 0.15) is 0 Å². The summed E-state index contributed by atoms with van der Waals surface area (Å²) in [5, 5.41) is 2.09. The fourth-order valence-corrected chi connectivity index (χ4v) is 1.73. The predicted octanol–water partition coefficient (Wildman–Crippen LogP) is 3.22. The Labute approximate surface area is 78.3 Å². The van der Waals surface area contributed by atoms with Gasteiger partial charge in [-0.25, -0.2) is 0 Å². The summed E-state index contributed by atoms with van der Waals surface area (Å²) in [6.07, 6.45) is 0. The monoisotopic (exact) mass is 227 g/mol. The predicted molar refractivity (Wildman–Crippen MR) is 53.3 cm³/mol. The van der Waals surface area contributed by atoms with Gasteiger partial charge >= 0.3 is 0 Å². The highest BCUT2D eigenvalue weighted by atomic mass is 79.9. The van der Waals surface area contributed by atoms with E-state index in [-0.39, 0.29) is 0 Å². The van der Waals surface area contributed by atoms with Crippen molar-refractivity contribution in [2.45, 2.75) is 5.03 Å². The molecular weight excluding hydrogens is 222 g/mol. The van der Waals surface area contributed by atoms with Gasteiger partial charge in [-0.05, 0) is 24.3 Å². The molecule has 0 radical (unpaired) electrons. The molecular formula is C8H6BrNS. The molecule has 0 fully saturated rings. The second-order valence-electron chi connectivity index (χ2n) is 2.39. The van der Waals surface area contributed by atoms with Crippen molar-refractivity contribution in [2.75, 3.05) is 0 Å². The van der Waals surface area contributed by atoms with Crippen LogP contribution in [0.25, 0.3) is 10.9 Å². The van der Waals surface area contributed by atoms with E-state index in [1.54, 1.807) is 0 Å². The molecule has 0 amide bonds. The Morgan fingerprint density at radius 2 is 2.09 bits per heavy atom. The number of benzene rings is 1. The maximum Gasteiger partial charge on any atom is 0.0701 e. The molecule has 1 aromatic heterocycles. The standard InChI is InChI=1S/C8H6BrNS/c9-6-1-2-7-5(3-6)4-8(11)10-7/h1-4,10-11H. The molecule has 2 aromatic rings. The summed E-state index contributed by atoms with van der Waals surface area (Å²) >= 11 is 7.61. The van der Waals surface area contributed by atoms with Crippen LogP contribution in [0.1, 0.15) is 0 Å². The number of H-pyrrole nitrogens is 1. The molecule has 11 heavy (non-hydrogen) atoms. The van der Waals surface area contributed by atoms with Crippen LogP contribution < -0.4 is 0 Å². The van der Waals surface area contributed by atoms with Gasteiger partial charge in [0, 0.05) is 15.4 Å². The number of aromatic nitrogens is 1. The van der Waals surface area contributed by atoms with Crippen molar-refractivity contribution < 1.29 is 0 Å². The van der Waals surface area contributed by atoms with Crippen molar-refractivity contribution in [2.24, 2.45) is 0 Å². The van der Waals surface area contributed by atoms with E-state index in [4.69, 9.17) is 0 Å². The van der Waals surface area contributed by atoms with E-state index in [1.807, 2.05) is 18.2 Å². The molecule has 0 aliphatic heterocycles. The topological polar surface area (TPSA) is 15.8 Å². The molecule has 0 unspecified atom stereocenters. The van der Waals surface area contributed by atoms with Crippen molar-refractivity contribution in [3.63, 3.8) is 0 Å². The summed E-state index contributed by atoms with van der Waals surface area (Å²) in [6, 6.07) is 8.10. The quantitative estimate of drug-likeness (QED) is 0.644. The summed E-state index contributed by atoms with van der Waals surface area (Å²) in [5.74, 6) is 0. The van der Waals surface area contributed by atoms with Crippen LogP contribution in [0.3, 0.4) is 0 Å². The number of hydrogen-bond acceptors (Lipinski definition) is 1. The normalized spacial score (nSPS) is 10.7. The second-order valence-corrected chi connectivity index (χ2v) is 3.78. The number of thiol groups is 1. The van der Waals surface area contributed by atoms with Crippen LogP contribution in [0.2, 0.25) is 0 Å². The Hall–Kier alpha value is -0.410. The van der Waals surface area contributed by atoms with E-state index in [0.717, 1.165) is 15.0 Å². The van der Waals surface area contributed by atoms with Crippen LogP contribution in [-0.2, 0) is 0 Å². The Bertz CT molecular complexity index is 394. The summed E-state index contributed by atoms with van der Waals surface area (Å²) in [7, 11) is 0. The number of halogens is 1. The van der Waals surface area contributed by atoms with Crippen molar-refractivity contribution in [3.8, 4) is 0 Å². The highest BCUT2D eigenvalue weighted by Gasteiger charge is 1.96. The molecule has 1 heterocycles. The maximum atomic E-state index is 4.21. The molecule has 56 valence electrons. The highest BCUT2D eigenvalue weighted by Crippen LogP contribution is 2.21. The Morgan fingerprint density at radius 1 is 1.27 bits per heavy atom. The summed E-state index contributed by atoms with van der Waals surface area (Å²) in [6.45, 7) is 0. The molecule has 1 nitrogen and oxygen atoms in total. The molecule has 0 aliphatic rings. The van der Waals surface area contributed by atoms with Crippen LogP contribution in [0.4, 0.5) is 0 Å². The molecule has 0 spiro atoms. The van der Waals surface area contributed by atoms with Crippen LogP contribution >= 0.6 is 28.6 Å². The molecule has 0 atom stereocenters. The van der Waals surface area contributed by atoms with Gasteiger partial charge in [0.05, 0.1) is 5.03 Å². The zero-order valence-corrected chi connectivity index (χ0v) is 8.12. The van der Waals surface area contributed by atoms with E-state index < -0.39 is 0 Å². The van der Waals surface area contributed by atoms with E-state index in [9.17, 15) is 0 Å². The first-order chi connectivity index (χ1) is 5.25. The fraction of sp³-hybridized carbons (Fsp3) is 0. The first-order valence-electron chi connectivity index (χ1n) is 3.23. The molecule has 1 N–H and O–H groups in total. The van der Waals surface area contributed by atoms with E-state index >= 15 is 0 Å². The number of rotatable bonds is 0. The number of aromatic amines is 1. The third-order valence-corrected chi connectivity index (χ3v) is 2.30. The summed E-state index contributed by atoms with van der Waals surface area (Å²) in [5.41, 5.74) is 1.12. The summed E-state index contributed by atoms with van der Waals surface area (Å²) < 4.78 is 1.09. The first-order valence-corrected chi connectivity index (χ1v) is 4.47. The zero-order chi connectivity index (χ0) is 7.84. The molecule has 2 rings (SSSR count). The van der Waals surface area contributed by atoms with Gasteiger partial charge in [0.25, 0.3) is 0 Å². The lowest BCUT2D eigenvalue weighted by molar-refractivity contribution is 1.25. The number of hydrogen-bond donors (Lipinski definition) is 2. The minimum absolute atomic E-state index is 0.901. The smallest absolute Gasteiger partial charge is 0.0701 e. The number of nitrogens with one attached hydrogen (secondary N) is 1. The van der Waals surface area contributed by atoms with Crippen LogP contribution in [0.15, 0.2) is 33.8 Å². The molecule has 0 saturated heterocycles. The molecule has 3 heteroatoms. The van der Waals surface area contributed by atoms with E-state index in [0.29, 0.717) is 0 Å². The second kappa shape index (κ2) is 2.57. The third kappa shape index (κ3) is 1.30. The molecule has 1 aromatic carbocycles. The average molecular weight is 228 g/mol. The first kappa shape index (κ1) is 7.25. The van der Waals surface area contributed by atoms with E-state index in [2.05, 4.69) is 39.6 Å². The molecule has 0 saturated carbocycles. The number of fused-ring (bicyclic) bond motifs is 1. The Kier molecular flexibility index (Phi) is 1.69. The van der Waals surface area contributed by atoms with Crippen LogP contribution in [-0.4, -0.2) is 4.98 Å². The minimum atomic E-state index is 0.901. The largest absolute Gasteiger partial charge is 0.350 e. The Morgan fingerprint density at radius 3 is 2.91 bits per heavy atom. The van der Waals surface area contributed by atoms with Gasteiger partial charge in [-0.1, -0.05) is 15.9 Å². The zero-order valence-electron chi connectivity index (χ0n) is 5.63. The molecule has 0 aliphatic carbocycles. The van der Waals surface area contributed by atoms with Crippen molar-refractivity contribution in [1.82, 2.24) is 4.98 Å². The van der Waals surface area contributed by atoms with Crippen molar-refractivity contribution >= 4 is 39.5 Å². The van der Waals surface area contributed by atoms with Crippen molar-refractivity contribution in [3.05, 3.63) is 28.7 Å². The SMILES string of the molecule is Sc1cc2cc(Br)ccc2[nH]1. The fourth-order valence-electron chi connectivity index (χ4n) is 1.09. The lowest BCUT2D eigenvalue weighted by atomic mass is 10.3. The highest BCUT2D eigenvalue weighted by molar-refractivity contribution is 9.10. The Balaban J connectivity index is 2.82. The lowest BCUT2D eigenvalue weighted by Gasteiger charge is -1.88. The lowest BCUT2D eigenvalue weighted by Crippen LogP contribution is -1.66. The van der Waals surface area contributed by atoms with Crippen LogP contribution in [0.5, 0.6) is 0 Å². The van der Waals surface area contributed by atoms with Gasteiger partial charge in [0.2, 0.25) is 0 Å². The average Bonchev–Trinajstić information content (AvgIpc) is 2.27. The van der Waals surface area contributed by atoms with Gasteiger partial charge in [0.15, 0.2) is 0 Å². The van der Waals surface area contributed by atoms with Crippen LogP contribution in [0, 0.1) is 0 Å². The van der Waals surface area contributed by atoms with Crippen molar-refractivity contribution in [1.29, 1.82) is 0 Å². The maximum absolute atomic E-state index is 4.21. The van der Waals surface area contributed by atoms with Gasteiger partial charge in [-0.2, -0.15) is 0 Å². The van der Waals surface area contributed by atoms with Gasteiger partial charge < -0.3 is 4.98 Å². The van der Waals surface area contributed by atoms with E-state index in [1.165, 1.54) is 5.39 Å². The van der Waals surface area contributed by atoms with Gasteiger partial charge in [-0.3, -0.25) is 0 Å². The summed E-state index contributed by atoms with van der Waals surface area (Å²) in [4.78, 5) is 3.13. The van der Waals surface area contributed by atoms with Gasteiger partial charge in [-0.15, -0.1) is 12.6 Å². The third-order valence-electron chi connectivity index (χ3n) is 1.57. The minimum Gasteiger partial charge on any atom is -0.350 e.